The second-order valence-corrected chi connectivity index (χ2v) is 6.64. The Morgan fingerprint density at radius 1 is 0.800 bits per heavy atom. The molecule has 0 radical (unpaired) electrons. The van der Waals surface area contributed by atoms with Gasteiger partial charge in [-0.05, 0) is 53.8 Å². The molecule has 1 heterocycles. The number of nitrogens with zero attached hydrogens (tertiary/aromatic N) is 2. The molecule has 0 aliphatic heterocycles. The zero-order chi connectivity index (χ0) is 21.3. The maximum atomic E-state index is 14.5. The van der Waals surface area contributed by atoms with Crippen LogP contribution in [-0.2, 0) is 6.42 Å². The summed E-state index contributed by atoms with van der Waals surface area (Å²) in [5.74, 6) is 1.30. The molecular weight excluding hydrogens is 392 g/mol. The van der Waals surface area contributed by atoms with E-state index >= 15 is 0 Å². The Kier molecular flexibility index (Phi) is 5.20. The highest BCUT2D eigenvalue weighted by molar-refractivity contribution is 5.84. The maximum Gasteiger partial charge on any atom is 0.195 e. The molecule has 0 aliphatic carbocycles. The summed E-state index contributed by atoms with van der Waals surface area (Å²) in [6.07, 6.45) is 4.21. The third-order valence-electron chi connectivity index (χ3n) is 4.66. The Labute approximate surface area is 170 Å². The maximum absolute atomic E-state index is 14.5. The predicted molar refractivity (Wildman–Crippen MR) is 107 cm³/mol. The summed E-state index contributed by atoms with van der Waals surface area (Å²) in [5.41, 5.74) is 2.08. The van der Waals surface area contributed by atoms with Crippen molar-refractivity contribution in [3.63, 3.8) is 0 Å². The number of halogens is 4. The van der Waals surface area contributed by atoms with Crippen LogP contribution in [0.1, 0.15) is 23.6 Å². The van der Waals surface area contributed by atoms with Crippen LogP contribution in [0.5, 0.6) is 0 Å². The van der Waals surface area contributed by atoms with Crippen molar-refractivity contribution in [1.29, 1.82) is 0 Å². The van der Waals surface area contributed by atoms with Crippen molar-refractivity contribution >= 4 is 10.8 Å². The molecule has 1 aromatic heterocycles. The number of fused-ring (bicyclic) bond motifs is 1. The summed E-state index contributed by atoms with van der Waals surface area (Å²) in [7, 11) is 0. The first-order valence-corrected chi connectivity index (χ1v) is 9.16. The minimum Gasteiger partial charge on any atom is -0.236 e. The summed E-state index contributed by atoms with van der Waals surface area (Å²) in [4.78, 5) is 8.46. The van der Waals surface area contributed by atoms with E-state index in [1.807, 2.05) is 6.92 Å². The van der Waals surface area contributed by atoms with Gasteiger partial charge in [0.15, 0.2) is 23.3 Å². The van der Waals surface area contributed by atoms with Crippen LogP contribution in [0.3, 0.4) is 0 Å². The van der Waals surface area contributed by atoms with Gasteiger partial charge in [0.25, 0.3) is 0 Å². The average Bonchev–Trinajstić information content (AvgIpc) is 2.76. The summed E-state index contributed by atoms with van der Waals surface area (Å²) >= 11 is 0. The molecule has 0 amide bonds. The van der Waals surface area contributed by atoms with E-state index in [1.165, 1.54) is 30.3 Å². The van der Waals surface area contributed by atoms with Crippen molar-refractivity contribution in [2.24, 2.45) is 0 Å². The molecule has 0 atom stereocenters. The first-order chi connectivity index (χ1) is 14.5. The molecule has 4 aromatic rings. The van der Waals surface area contributed by atoms with Gasteiger partial charge in [-0.3, -0.25) is 0 Å². The quantitative estimate of drug-likeness (QED) is 0.238. The molecule has 0 unspecified atom stereocenters. The van der Waals surface area contributed by atoms with E-state index in [9.17, 15) is 17.6 Å². The Balaban J connectivity index is 1.64. The molecular formula is C24H14F4N2. The number of hydrogen-bond donors (Lipinski definition) is 0. The normalized spacial score (nSPS) is 10.7. The first-order valence-electron chi connectivity index (χ1n) is 9.16. The largest absolute Gasteiger partial charge is 0.236 e. The second kappa shape index (κ2) is 7.96. The van der Waals surface area contributed by atoms with Gasteiger partial charge in [0.05, 0.1) is 5.56 Å². The summed E-state index contributed by atoms with van der Waals surface area (Å²) in [5, 5.41) is 0.116. The Morgan fingerprint density at radius 2 is 1.57 bits per heavy atom. The monoisotopic (exact) mass is 406 g/mol. The Morgan fingerprint density at radius 3 is 2.27 bits per heavy atom. The van der Waals surface area contributed by atoms with Crippen LogP contribution in [0, 0.1) is 35.1 Å². The van der Waals surface area contributed by atoms with Gasteiger partial charge < -0.3 is 0 Å². The van der Waals surface area contributed by atoms with Gasteiger partial charge in [-0.25, -0.2) is 27.5 Å². The SMILES string of the molecule is CCc1cnc(-c2ccc(C#Cc3ccc4c(F)c(F)c(F)cc4c3)c(F)c2)nc1. The first kappa shape index (κ1) is 19.6. The molecule has 3 aromatic carbocycles. The number of aryl methyl sites for hydroxylation is 1. The lowest BCUT2D eigenvalue weighted by Gasteiger charge is -2.03. The van der Waals surface area contributed by atoms with Crippen LogP contribution < -0.4 is 0 Å². The fraction of sp³-hybridized carbons (Fsp3) is 0.0833. The molecule has 0 bridgehead atoms. The van der Waals surface area contributed by atoms with Crippen molar-refractivity contribution in [3.8, 4) is 23.2 Å². The van der Waals surface area contributed by atoms with Crippen molar-refractivity contribution < 1.29 is 17.6 Å². The van der Waals surface area contributed by atoms with E-state index in [1.54, 1.807) is 18.5 Å². The minimum absolute atomic E-state index is 0.0518. The van der Waals surface area contributed by atoms with Gasteiger partial charge >= 0.3 is 0 Å². The van der Waals surface area contributed by atoms with E-state index < -0.39 is 23.3 Å². The van der Waals surface area contributed by atoms with Crippen LogP contribution >= 0.6 is 0 Å². The molecule has 0 saturated carbocycles. The van der Waals surface area contributed by atoms with Crippen molar-refractivity contribution in [2.45, 2.75) is 13.3 Å². The van der Waals surface area contributed by atoms with Crippen LogP contribution in [0.4, 0.5) is 17.6 Å². The summed E-state index contributed by atoms with van der Waals surface area (Å²) in [6, 6.07) is 9.59. The fourth-order valence-electron chi connectivity index (χ4n) is 2.96. The number of hydrogen-bond acceptors (Lipinski definition) is 2. The molecule has 0 saturated heterocycles. The molecule has 2 nitrogen and oxygen atoms in total. The molecule has 148 valence electrons. The van der Waals surface area contributed by atoms with Gasteiger partial charge in [0.2, 0.25) is 0 Å². The molecule has 0 N–H and O–H groups in total. The third-order valence-corrected chi connectivity index (χ3v) is 4.66. The van der Waals surface area contributed by atoms with Crippen LogP contribution in [0.2, 0.25) is 0 Å². The molecule has 0 spiro atoms. The fourth-order valence-corrected chi connectivity index (χ4v) is 2.96. The number of benzene rings is 3. The summed E-state index contributed by atoms with van der Waals surface area (Å²) in [6.45, 7) is 1.99. The zero-order valence-electron chi connectivity index (χ0n) is 15.8. The smallest absolute Gasteiger partial charge is 0.195 e. The molecule has 30 heavy (non-hydrogen) atoms. The lowest BCUT2D eigenvalue weighted by molar-refractivity contribution is 0.453. The highest BCUT2D eigenvalue weighted by Gasteiger charge is 2.13. The lowest BCUT2D eigenvalue weighted by Crippen LogP contribution is -1.93. The number of rotatable bonds is 2. The van der Waals surface area contributed by atoms with Gasteiger partial charge in [0.1, 0.15) is 5.82 Å². The topological polar surface area (TPSA) is 25.8 Å². The van der Waals surface area contributed by atoms with E-state index in [4.69, 9.17) is 0 Å². The Hall–Kier alpha value is -3.72. The highest BCUT2D eigenvalue weighted by Crippen LogP contribution is 2.24. The van der Waals surface area contributed by atoms with Crippen molar-refractivity contribution in [2.75, 3.05) is 0 Å². The molecule has 4 rings (SSSR count). The van der Waals surface area contributed by atoms with Gasteiger partial charge in [0, 0.05) is 28.9 Å². The Bertz CT molecular complexity index is 1320. The average molecular weight is 406 g/mol. The van der Waals surface area contributed by atoms with E-state index in [0.717, 1.165) is 18.1 Å². The van der Waals surface area contributed by atoms with E-state index in [-0.39, 0.29) is 16.3 Å². The minimum atomic E-state index is -1.52. The van der Waals surface area contributed by atoms with Crippen molar-refractivity contribution in [3.05, 3.63) is 94.8 Å². The van der Waals surface area contributed by atoms with Gasteiger partial charge in [-0.1, -0.05) is 24.8 Å². The zero-order valence-corrected chi connectivity index (χ0v) is 15.8. The third kappa shape index (κ3) is 3.74. The standard InChI is InChI=1S/C24H14F4N2/c1-2-14-12-29-24(30-13-14)17-7-6-16(20(25)10-17)5-3-15-4-8-19-18(9-15)11-21(26)23(28)22(19)27/h4,6-13H,2H2,1H3. The van der Waals surface area contributed by atoms with Crippen molar-refractivity contribution in [1.82, 2.24) is 9.97 Å². The molecule has 6 heteroatoms. The second-order valence-electron chi connectivity index (χ2n) is 6.64. The lowest BCUT2D eigenvalue weighted by atomic mass is 10.1. The van der Waals surface area contributed by atoms with Gasteiger partial charge in [-0.15, -0.1) is 0 Å². The van der Waals surface area contributed by atoms with Crippen LogP contribution in [-0.4, -0.2) is 9.97 Å². The highest BCUT2D eigenvalue weighted by atomic mass is 19.2. The van der Waals surface area contributed by atoms with Crippen LogP contribution in [0.15, 0.2) is 54.9 Å². The predicted octanol–water partition coefficient (Wildman–Crippen LogP) is 5.82. The molecule has 0 aliphatic rings. The summed E-state index contributed by atoms with van der Waals surface area (Å²) < 4.78 is 55.1. The van der Waals surface area contributed by atoms with E-state index in [2.05, 4.69) is 21.8 Å². The number of aromatic nitrogens is 2. The molecule has 0 fully saturated rings. The van der Waals surface area contributed by atoms with Crippen LogP contribution in [0.25, 0.3) is 22.2 Å². The van der Waals surface area contributed by atoms with E-state index in [0.29, 0.717) is 17.0 Å². The van der Waals surface area contributed by atoms with Gasteiger partial charge in [-0.2, -0.15) is 0 Å².